The molecule has 1 aliphatic rings. The van der Waals surface area contributed by atoms with E-state index in [0.29, 0.717) is 30.8 Å². The van der Waals surface area contributed by atoms with E-state index in [4.69, 9.17) is 22.7 Å². The van der Waals surface area contributed by atoms with Gasteiger partial charge in [0.05, 0.1) is 17.5 Å². The van der Waals surface area contributed by atoms with E-state index in [-0.39, 0.29) is 15.9 Å². The van der Waals surface area contributed by atoms with Gasteiger partial charge in [-0.1, -0.05) is 24.4 Å². The number of benzene rings is 1. The second-order valence-corrected chi connectivity index (χ2v) is 7.29. The molecule has 1 aliphatic heterocycles. The zero-order valence-corrected chi connectivity index (χ0v) is 13.1. The van der Waals surface area contributed by atoms with Gasteiger partial charge in [-0.3, -0.25) is 0 Å². The smallest absolute Gasteiger partial charge is 0.243 e. The van der Waals surface area contributed by atoms with Crippen molar-refractivity contribution in [3.05, 3.63) is 29.3 Å². The Labute approximate surface area is 124 Å². The average molecular weight is 314 g/mol. The van der Waals surface area contributed by atoms with E-state index in [0.717, 1.165) is 0 Å². The second-order valence-electron chi connectivity index (χ2n) is 4.88. The van der Waals surface area contributed by atoms with Crippen LogP contribution in [0.15, 0.2) is 23.1 Å². The first kappa shape index (κ1) is 15.4. The summed E-state index contributed by atoms with van der Waals surface area (Å²) < 4.78 is 32.0. The predicted octanol–water partition coefficient (Wildman–Crippen LogP) is 1.04. The first-order chi connectivity index (χ1) is 9.34. The zero-order chi connectivity index (χ0) is 14.9. The minimum absolute atomic E-state index is 0.118. The molecule has 1 saturated heterocycles. The molecule has 0 amide bonds. The lowest BCUT2D eigenvalue weighted by atomic mass is 10.1. The summed E-state index contributed by atoms with van der Waals surface area (Å²) in [4.78, 5) is 0.436. The maximum atomic E-state index is 12.7. The second kappa shape index (κ2) is 5.77. The van der Waals surface area contributed by atoms with E-state index in [1.54, 1.807) is 32.2 Å². The number of hydrogen-bond donors (Lipinski definition) is 1. The lowest BCUT2D eigenvalue weighted by Gasteiger charge is -2.23. The van der Waals surface area contributed by atoms with Crippen LogP contribution in [0.2, 0.25) is 0 Å². The van der Waals surface area contributed by atoms with Crippen LogP contribution in [-0.4, -0.2) is 44.0 Å². The Kier molecular flexibility index (Phi) is 4.43. The van der Waals surface area contributed by atoms with Crippen LogP contribution in [0.25, 0.3) is 0 Å². The van der Waals surface area contributed by atoms with Gasteiger partial charge in [0.25, 0.3) is 0 Å². The molecule has 110 valence electrons. The van der Waals surface area contributed by atoms with Crippen LogP contribution in [0.1, 0.15) is 17.5 Å². The van der Waals surface area contributed by atoms with Gasteiger partial charge in [0.1, 0.15) is 4.99 Å². The first-order valence-electron chi connectivity index (χ1n) is 6.30. The van der Waals surface area contributed by atoms with E-state index in [9.17, 15) is 8.42 Å². The van der Waals surface area contributed by atoms with E-state index < -0.39 is 10.0 Å². The standard InChI is InChI=1S/C13H18N2O3S2/c1-9-3-4-10(13(14)19)7-12(9)20(16,17)15(2)11-5-6-18-8-11/h3-4,7,11H,5-6,8H2,1-2H3,(H2,14,19). The van der Waals surface area contributed by atoms with E-state index in [1.807, 2.05) is 0 Å². The van der Waals surface area contributed by atoms with Crippen LogP contribution >= 0.6 is 12.2 Å². The molecule has 0 saturated carbocycles. The van der Waals surface area contributed by atoms with Crippen molar-refractivity contribution in [1.29, 1.82) is 0 Å². The number of likely N-dealkylation sites (N-methyl/N-ethyl adjacent to an activating group) is 1. The summed E-state index contributed by atoms with van der Waals surface area (Å²) in [6, 6.07) is 4.88. The van der Waals surface area contributed by atoms with Crippen molar-refractivity contribution in [2.45, 2.75) is 24.3 Å². The van der Waals surface area contributed by atoms with Crippen molar-refractivity contribution >= 4 is 27.2 Å². The Bertz CT molecular complexity index is 623. The molecule has 1 atom stereocenters. The van der Waals surface area contributed by atoms with Gasteiger partial charge in [-0.05, 0) is 25.0 Å². The average Bonchev–Trinajstić information content (AvgIpc) is 2.91. The molecular formula is C13H18N2O3S2. The van der Waals surface area contributed by atoms with Crippen LogP contribution < -0.4 is 5.73 Å². The number of nitrogens with zero attached hydrogens (tertiary/aromatic N) is 1. The highest BCUT2D eigenvalue weighted by atomic mass is 32.2. The van der Waals surface area contributed by atoms with Crippen LogP contribution in [-0.2, 0) is 14.8 Å². The number of rotatable bonds is 4. The molecule has 0 radical (unpaired) electrons. The molecule has 1 heterocycles. The fourth-order valence-corrected chi connectivity index (χ4v) is 3.94. The van der Waals surface area contributed by atoms with Crippen LogP contribution in [0.5, 0.6) is 0 Å². The van der Waals surface area contributed by atoms with Gasteiger partial charge in [0.15, 0.2) is 0 Å². The summed E-state index contributed by atoms with van der Waals surface area (Å²) in [6.07, 6.45) is 0.712. The number of aryl methyl sites for hydroxylation is 1. The van der Waals surface area contributed by atoms with Crippen molar-refractivity contribution in [2.24, 2.45) is 5.73 Å². The molecule has 1 aromatic carbocycles. The van der Waals surface area contributed by atoms with Crippen molar-refractivity contribution in [3.8, 4) is 0 Å². The Hall–Kier alpha value is -1.02. The quantitative estimate of drug-likeness (QED) is 0.841. The zero-order valence-electron chi connectivity index (χ0n) is 11.5. The van der Waals surface area contributed by atoms with Crippen LogP contribution in [0.3, 0.4) is 0 Å². The van der Waals surface area contributed by atoms with E-state index >= 15 is 0 Å². The highest BCUT2D eigenvalue weighted by molar-refractivity contribution is 7.89. The highest BCUT2D eigenvalue weighted by Gasteiger charge is 2.31. The third-order valence-corrected chi connectivity index (χ3v) is 5.84. The van der Waals surface area contributed by atoms with Gasteiger partial charge in [-0.15, -0.1) is 0 Å². The molecule has 2 N–H and O–H groups in total. The normalized spacial score (nSPS) is 19.4. The van der Waals surface area contributed by atoms with Crippen molar-refractivity contribution in [2.75, 3.05) is 20.3 Å². The third-order valence-electron chi connectivity index (χ3n) is 3.55. The molecule has 20 heavy (non-hydrogen) atoms. The molecule has 0 spiro atoms. The van der Waals surface area contributed by atoms with Gasteiger partial charge in [0, 0.05) is 19.2 Å². The van der Waals surface area contributed by atoms with Gasteiger partial charge in [0.2, 0.25) is 10.0 Å². The molecular weight excluding hydrogens is 296 g/mol. The number of nitrogens with two attached hydrogens (primary N) is 1. The Morgan fingerprint density at radius 2 is 2.20 bits per heavy atom. The minimum atomic E-state index is -3.57. The number of ether oxygens (including phenoxy) is 1. The number of hydrogen-bond acceptors (Lipinski definition) is 4. The maximum Gasteiger partial charge on any atom is 0.243 e. The molecule has 1 aromatic rings. The first-order valence-corrected chi connectivity index (χ1v) is 8.15. The summed E-state index contributed by atoms with van der Waals surface area (Å²) >= 11 is 4.91. The van der Waals surface area contributed by atoms with Gasteiger partial charge in [-0.25, -0.2) is 8.42 Å². The van der Waals surface area contributed by atoms with Gasteiger partial charge in [-0.2, -0.15) is 4.31 Å². The summed E-state index contributed by atoms with van der Waals surface area (Å²) in [6.45, 7) is 2.79. The molecule has 7 heteroatoms. The Morgan fingerprint density at radius 1 is 1.50 bits per heavy atom. The molecule has 0 aromatic heterocycles. The molecule has 0 bridgehead atoms. The molecule has 2 rings (SSSR count). The molecule has 0 aliphatic carbocycles. The number of thiocarbonyl (C=S) groups is 1. The third kappa shape index (κ3) is 2.85. The fraction of sp³-hybridized carbons (Fsp3) is 0.462. The van der Waals surface area contributed by atoms with E-state index in [1.165, 1.54) is 4.31 Å². The summed E-state index contributed by atoms with van der Waals surface area (Å²) in [5, 5.41) is 0. The molecule has 5 nitrogen and oxygen atoms in total. The fourth-order valence-electron chi connectivity index (χ4n) is 2.19. The van der Waals surface area contributed by atoms with Crippen LogP contribution in [0.4, 0.5) is 0 Å². The molecule has 1 unspecified atom stereocenters. The van der Waals surface area contributed by atoms with Crippen molar-refractivity contribution in [3.63, 3.8) is 0 Å². The lowest BCUT2D eigenvalue weighted by Crippen LogP contribution is -2.37. The Balaban J connectivity index is 2.42. The SMILES string of the molecule is Cc1ccc(C(N)=S)cc1S(=O)(=O)N(C)C1CCOC1. The summed E-state index contributed by atoms with van der Waals surface area (Å²) in [5.41, 5.74) is 6.81. The molecule has 1 fully saturated rings. The minimum Gasteiger partial charge on any atom is -0.389 e. The lowest BCUT2D eigenvalue weighted by molar-refractivity contribution is 0.181. The van der Waals surface area contributed by atoms with Gasteiger partial charge < -0.3 is 10.5 Å². The van der Waals surface area contributed by atoms with Crippen molar-refractivity contribution in [1.82, 2.24) is 4.31 Å². The largest absolute Gasteiger partial charge is 0.389 e. The monoisotopic (exact) mass is 314 g/mol. The highest BCUT2D eigenvalue weighted by Crippen LogP contribution is 2.24. The van der Waals surface area contributed by atoms with E-state index in [2.05, 4.69) is 0 Å². The predicted molar refractivity (Wildman–Crippen MR) is 81.2 cm³/mol. The topological polar surface area (TPSA) is 72.6 Å². The van der Waals surface area contributed by atoms with Gasteiger partial charge >= 0.3 is 0 Å². The Morgan fingerprint density at radius 3 is 2.75 bits per heavy atom. The van der Waals surface area contributed by atoms with Crippen molar-refractivity contribution < 1.29 is 13.2 Å². The summed E-state index contributed by atoms with van der Waals surface area (Å²) in [5.74, 6) is 0. The maximum absolute atomic E-state index is 12.7. The summed E-state index contributed by atoms with van der Waals surface area (Å²) in [7, 11) is -1.99. The number of sulfonamides is 1. The van der Waals surface area contributed by atoms with Crippen LogP contribution in [0, 0.1) is 6.92 Å².